The average Bonchev–Trinajstić information content (AvgIpc) is 3.08. The van der Waals surface area contributed by atoms with Crippen LogP contribution in [0.5, 0.6) is 0 Å². The molecule has 0 saturated carbocycles. The standard InChI is InChI=1S/C22H22F3N3O4S2/c1-15-20(16-5-3-6-17(13-16)22(23,24)25)27-21(26-15)9-11-28(12-10-21)34(31,32)19-8-4-7-18(14-19)33(2,29)30/h3-8,13-14H,9-12H2,1-2H3. The van der Waals surface area contributed by atoms with Crippen molar-refractivity contribution < 1.29 is 30.0 Å². The van der Waals surface area contributed by atoms with E-state index in [0.717, 1.165) is 24.5 Å². The Morgan fingerprint density at radius 2 is 1.53 bits per heavy atom. The van der Waals surface area contributed by atoms with Crippen LogP contribution in [0.3, 0.4) is 0 Å². The first-order chi connectivity index (χ1) is 15.7. The van der Waals surface area contributed by atoms with Gasteiger partial charge in [-0.2, -0.15) is 17.5 Å². The van der Waals surface area contributed by atoms with Gasteiger partial charge in [-0.3, -0.25) is 9.98 Å². The maximum Gasteiger partial charge on any atom is 0.416 e. The molecule has 1 saturated heterocycles. The molecule has 34 heavy (non-hydrogen) atoms. The van der Waals surface area contributed by atoms with Gasteiger partial charge in [0.15, 0.2) is 15.5 Å². The molecular formula is C22H22F3N3O4S2. The first-order valence-corrected chi connectivity index (χ1v) is 13.7. The second-order valence-electron chi connectivity index (χ2n) is 8.37. The van der Waals surface area contributed by atoms with E-state index in [2.05, 4.69) is 9.98 Å². The minimum absolute atomic E-state index is 0.0849. The van der Waals surface area contributed by atoms with Gasteiger partial charge in [0, 0.05) is 37.8 Å². The molecule has 2 aromatic rings. The lowest BCUT2D eigenvalue weighted by Crippen LogP contribution is -2.44. The highest BCUT2D eigenvalue weighted by atomic mass is 32.2. The molecule has 2 aromatic carbocycles. The van der Waals surface area contributed by atoms with E-state index < -0.39 is 37.3 Å². The predicted octanol–water partition coefficient (Wildman–Crippen LogP) is 3.55. The summed E-state index contributed by atoms with van der Waals surface area (Å²) in [6.07, 6.45) is -2.98. The summed E-state index contributed by atoms with van der Waals surface area (Å²) in [5.74, 6) is 0. The lowest BCUT2D eigenvalue weighted by molar-refractivity contribution is -0.137. The fourth-order valence-electron chi connectivity index (χ4n) is 4.12. The van der Waals surface area contributed by atoms with Gasteiger partial charge in [-0.05, 0) is 37.3 Å². The molecule has 2 heterocycles. The molecule has 0 aromatic heterocycles. The number of hydrogen-bond donors (Lipinski definition) is 0. The Kier molecular flexibility index (Phi) is 5.98. The maximum atomic E-state index is 13.1. The van der Waals surface area contributed by atoms with Gasteiger partial charge in [0.2, 0.25) is 10.0 Å². The van der Waals surface area contributed by atoms with Crippen LogP contribution < -0.4 is 0 Å². The second-order valence-corrected chi connectivity index (χ2v) is 12.3. The quantitative estimate of drug-likeness (QED) is 0.625. The minimum Gasteiger partial charge on any atom is -0.258 e. The molecule has 7 nitrogen and oxygen atoms in total. The Morgan fingerprint density at radius 1 is 0.912 bits per heavy atom. The highest BCUT2D eigenvalue weighted by Crippen LogP contribution is 2.36. The Hall–Kier alpha value is -2.57. The fraction of sp³-hybridized carbons (Fsp3) is 0.364. The van der Waals surface area contributed by atoms with Crippen LogP contribution in [-0.4, -0.2) is 57.6 Å². The maximum absolute atomic E-state index is 13.1. The van der Waals surface area contributed by atoms with Crippen molar-refractivity contribution in [3.8, 4) is 0 Å². The van der Waals surface area contributed by atoms with Crippen molar-refractivity contribution in [3.05, 3.63) is 59.7 Å². The Morgan fingerprint density at radius 3 is 2.15 bits per heavy atom. The van der Waals surface area contributed by atoms with Crippen LogP contribution in [0.15, 0.2) is 68.3 Å². The summed E-state index contributed by atoms with van der Waals surface area (Å²) < 4.78 is 90.4. The van der Waals surface area contributed by atoms with Gasteiger partial charge in [-0.25, -0.2) is 16.8 Å². The average molecular weight is 514 g/mol. The Labute approximate surface area is 196 Å². The summed E-state index contributed by atoms with van der Waals surface area (Å²) in [5, 5.41) is 0. The molecule has 2 aliphatic rings. The summed E-state index contributed by atoms with van der Waals surface area (Å²) in [6, 6.07) is 10.1. The van der Waals surface area contributed by atoms with E-state index in [-0.39, 0.29) is 35.7 Å². The number of piperidine rings is 1. The van der Waals surface area contributed by atoms with E-state index in [1.54, 1.807) is 13.0 Å². The van der Waals surface area contributed by atoms with Gasteiger partial charge in [0.1, 0.15) is 0 Å². The van der Waals surface area contributed by atoms with Crippen LogP contribution in [0.2, 0.25) is 0 Å². The number of alkyl halides is 3. The van der Waals surface area contributed by atoms with Crippen LogP contribution in [0.1, 0.15) is 30.9 Å². The molecule has 1 spiro atoms. The zero-order valence-electron chi connectivity index (χ0n) is 18.4. The van der Waals surface area contributed by atoms with E-state index in [1.165, 1.54) is 28.6 Å². The molecule has 0 unspecified atom stereocenters. The summed E-state index contributed by atoms with van der Waals surface area (Å²) in [6.45, 7) is 1.84. The van der Waals surface area contributed by atoms with Crippen LogP contribution in [0.25, 0.3) is 0 Å². The molecule has 0 bridgehead atoms. The number of sulfonamides is 1. The van der Waals surface area contributed by atoms with Crippen molar-refractivity contribution in [2.45, 2.75) is 41.4 Å². The third kappa shape index (κ3) is 4.66. The number of sulfone groups is 1. The number of halogens is 3. The fourth-order valence-corrected chi connectivity index (χ4v) is 6.35. The summed E-state index contributed by atoms with van der Waals surface area (Å²) in [5.41, 5.74) is -0.548. The Balaban J connectivity index is 1.57. The Bertz CT molecular complexity index is 1410. The lowest BCUT2D eigenvalue weighted by atomic mass is 10.00. The number of hydrogen-bond acceptors (Lipinski definition) is 6. The van der Waals surface area contributed by atoms with Crippen molar-refractivity contribution >= 4 is 31.3 Å². The normalized spacial score (nSPS) is 19.2. The number of rotatable bonds is 4. The molecule has 0 radical (unpaired) electrons. The van der Waals surface area contributed by atoms with Crippen LogP contribution in [0.4, 0.5) is 13.2 Å². The topological polar surface area (TPSA) is 96.2 Å². The molecule has 0 N–H and O–H groups in total. The monoisotopic (exact) mass is 513 g/mol. The van der Waals surface area contributed by atoms with Crippen LogP contribution in [0, 0.1) is 0 Å². The van der Waals surface area contributed by atoms with E-state index >= 15 is 0 Å². The summed E-state index contributed by atoms with van der Waals surface area (Å²) >= 11 is 0. The van der Waals surface area contributed by atoms with Gasteiger partial charge >= 0.3 is 6.18 Å². The molecule has 4 rings (SSSR count). The highest BCUT2D eigenvalue weighted by molar-refractivity contribution is 7.91. The molecule has 0 amide bonds. The van der Waals surface area contributed by atoms with Crippen LogP contribution >= 0.6 is 0 Å². The van der Waals surface area contributed by atoms with Gasteiger partial charge in [-0.1, -0.05) is 18.2 Å². The molecule has 1 fully saturated rings. The molecule has 0 atom stereocenters. The van der Waals surface area contributed by atoms with Crippen molar-refractivity contribution in [2.75, 3.05) is 19.3 Å². The second kappa shape index (κ2) is 8.28. The van der Waals surface area contributed by atoms with Gasteiger partial charge in [-0.15, -0.1) is 0 Å². The number of nitrogens with zero attached hydrogens (tertiary/aromatic N) is 3. The third-order valence-electron chi connectivity index (χ3n) is 5.90. The summed E-state index contributed by atoms with van der Waals surface area (Å²) in [7, 11) is -7.52. The third-order valence-corrected chi connectivity index (χ3v) is 8.90. The van der Waals surface area contributed by atoms with Crippen molar-refractivity contribution in [1.29, 1.82) is 0 Å². The molecule has 2 aliphatic heterocycles. The van der Waals surface area contributed by atoms with Gasteiger partial charge in [0.05, 0.1) is 26.8 Å². The zero-order chi connectivity index (χ0) is 24.9. The molecule has 12 heteroatoms. The largest absolute Gasteiger partial charge is 0.416 e. The van der Waals surface area contributed by atoms with Crippen LogP contribution in [-0.2, 0) is 26.0 Å². The van der Waals surface area contributed by atoms with Crippen molar-refractivity contribution in [3.63, 3.8) is 0 Å². The molecule has 0 aliphatic carbocycles. The highest BCUT2D eigenvalue weighted by Gasteiger charge is 2.42. The SMILES string of the molecule is CC1=NC2(CCN(S(=O)(=O)c3cccc(S(C)(=O)=O)c3)CC2)N=C1c1cccc(C(F)(F)F)c1. The van der Waals surface area contributed by atoms with Gasteiger partial charge in [0.25, 0.3) is 0 Å². The van der Waals surface area contributed by atoms with Gasteiger partial charge < -0.3 is 0 Å². The van der Waals surface area contributed by atoms with E-state index in [9.17, 15) is 30.0 Å². The minimum atomic E-state index is -4.48. The van der Waals surface area contributed by atoms with E-state index in [0.29, 0.717) is 17.0 Å². The predicted molar refractivity (Wildman–Crippen MR) is 121 cm³/mol. The molecule has 182 valence electrons. The lowest BCUT2D eigenvalue weighted by Gasteiger charge is -2.34. The van der Waals surface area contributed by atoms with E-state index in [4.69, 9.17) is 0 Å². The first kappa shape index (κ1) is 24.6. The van der Waals surface area contributed by atoms with Crippen molar-refractivity contribution in [1.82, 2.24) is 4.31 Å². The van der Waals surface area contributed by atoms with E-state index in [1.807, 2.05) is 0 Å². The summed E-state index contributed by atoms with van der Waals surface area (Å²) in [4.78, 5) is 9.02. The van der Waals surface area contributed by atoms with Crippen molar-refractivity contribution in [2.24, 2.45) is 9.98 Å². The number of benzene rings is 2. The number of aliphatic imine (C=N–C) groups is 2. The molecular weight excluding hydrogens is 491 g/mol. The first-order valence-electron chi connectivity index (χ1n) is 10.4. The zero-order valence-corrected chi connectivity index (χ0v) is 20.0. The smallest absolute Gasteiger partial charge is 0.258 e.